The minimum atomic E-state index is -2.94. The van der Waals surface area contributed by atoms with Gasteiger partial charge in [-0.1, -0.05) is 44.0 Å². The van der Waals surface area contributed by atoms with Crippen LogP contribution in [0.4, 0.5) is 8.78 Å². The van der Waals surface area contributed by atoms with Gasteiger partial charge in [-0.3, -0.25) is 0 Å². The molecule has 5 rings (SSSR count). The standard InChI is InChI=1S/C23H22F2N2/c1-22(11-4-5-12-22)15-17-10-13-26-27(17)16-8-9-21-19(14-16)18-6-2-3-7-20(18)23(21,24)25/h2-3,6-10,13-14H,4-5,11-12,15H2,1H3. The van der Waals surface area contributed by atoms with Crippen LogP contribution in [0.15, 0.2) is 54.7 Å². The molecule has 0 spiro atoms. The lowest BCUT2D eigenvalue weighted by Gasteiger charge is -2.23. The Morgan fingerprint density at radius 2 is 1.70 bits per heavy atom. The average molecular weight is 364 g/mol. The largest absolute Gasteiger partial charge is 0.299 e. The Bertz CT molecular complexity index is 1010. The lowest BCUT2D eigenvalue weighted by molar-refractivity contribution is 0.0480. The molecule has 2 nitrogen and oxygen atoms in total. The summed E-state index contributed by atoms with van der Waals surface area (Å²) in [5.74, 6) is -2.94. The third kappa shape index (κ3) is 2.53. The Morgan fingerprint density at radius 3 is 2.52 bits per heavy atom. The van der Waals surface area contributed by atoms with Crippen molar-refractivity contribution in [2.24, 2.45) is 5.41 Å². The van der Waals surface area contributed by atoms with Gasteiger partial charge in [-0.05, 0) is 60.1 Å². The van der Waals surface area contributed by atoms with Gasteiger partial charge in [0.25, 0.3) is 5.92 Å². The number of nitrogens with zero attached hydrogens (tertiary/aromatic N) is 2. The summed E-state index contributed by atoms with van der Waals surface area (Å²) in [6.45, 7) is 2.34. The molecule has 0 atom stereocenters. The van der Waals surface area contributed by atoms with Crippen LogP contribution in [0.1, 0.15) is 49.4 Å². The van der Waals surface area contributed by atoms with Gasteiger partial charge in [0, 0.05) is 23.0 Å². The molecule has 1 aromatic heterocycles. The van der Waals surface area contributed by atoms with Crippen molar-refractivity contribution in [2.45, 2.75) is 45.0 Å². The second kappa shape index (κ2) is 5.75. The van der Waals surface area contributed by atoms with E-state index in [1.165, 1.54) is 31.7 Å². The predicted molar refractivity (Wildman–Crippen MR) is 102 cm³/mol. The molecule has 1 fully saturated rings. The summed E-state index contributed by atoms with van der Waals surface area (Å²) in [6.07, 6.45) is 7.83. The number of alkyl halides is 2. The van der Waals surface area contributed by atoms with Gasteiger partial charge in [0.1, 0.15) is 0 Å². The fraction of sp³-hybridized carbons (Fsp3) is 0.348. The van der Waals surface area contributed by atoms with E-state index in [4.69, 9.17) is 0 Å². The second-order valence-electron chi connectivity index (χ2n) is 8.28. The van der Waals surface area contributed by atoms with Gasteiger partial charge < -0.3 is 0 Å². The third-order valence-electron chi connectivity index (χ3n) is 6.28. The molecule has 0 unspecified atom stereocenters. The van der Waals surface area contributed by atoms with Gasteiger partial charge in [-0.25, -0.2) is 4.68 Å². The van der Waals surface area contributed by atoms with Gasteiger partial charge in [0.2, 0.25) is 0 Å². The van der Waals surface area contributed by atoms with Crippen molar-refractivity contribution in [2.75, 3.05) is 0 Å². The van der Waals surface area contributed by atoms with E-state index >= 15 is 0 Å². The van der Waals surface area contributed by atoms with E-state index in [-0.39, 0.29) is 11.1 Å². The summed E-state index contributed by atoms with van der Waals surface area (Å²) in [7, 11) is 0. The number of hydrogen-bond donors (Lipinski definition) is 0. The van der Waals surface area contributed by atoms with Crippen molar-refractivity contribution >= 4 is 0 Å². The molecule has 0 N–H and O–H groups in total. The maximum absolute atomic E-state index is 14.8. The van der Waals surface area contributed by atoms with Gasteiger partial charge in [-0.2, -0.15) is 13.9 Å². The molecule has 2 aliphatic carbocycles. The Labute approximate surface area is 157 Å². The van der Waals surface area contributed by atoms with Crippen molar-refractivity contribution in [3.05, 3.63) is 71.5 Å². The first-order valence-electron chi connectivity index (χ1n) is 9.63. The highest BCUT2D eigenvalue weighted by atomic mass is 19.3. The quantitative estimate of drug-likeness (QED) is 0.548. The van der Waals surface area contributed by atoms with E-state index in [2.05, 4.69) is 18.1 Å². The van der Waals surface area contributed by atoms with Crippen LogP contribution in [0.2, 0.25) is 0 Å². The maximum atomic E-state index is 14.8. The average Bonchev–Trinajstić information content (AvgIpc) is 3.35. The molecule has 2 aromatic carbocycles. The van der Waals surface area contributed by atoms with Crippen LogP contribution >= 0.6 is 0 Å². The summed E-state index contributed by atoms with van der Waals surface area (Å²) in [4.78, 5) is 0. The molecule has 0 saturated heterocycles. The van der Waals surface area contributed by atoms with Crippen LogP contribution in [0.25, 0.3) is 16.8 Å². The van der Waals surface area contributed by atoms with Gasteiger partial charge in [-0.15, -0.1) is 0 Å². The van der Waals surface area contributed by atoms with Gasteiger partial charge >= 0.3 is 0 Å². The predicted octanol–water partition coefficient (Wildman–Crippen LogP) is 6.12. The Morgan fingerprint density at radius 1 is 0.963 bits per heavy atom. The Balaban J connectivity index is 1.58. The monoisotopic (exact) mass is 364 g/mol. The van der Waals surface area contributed by atoms with E-state index in [1.54, 1.807) is 24.3 Å². The summed E-state index contributed by atoms with van der Waals surface area (Å²) in [5.41, 5.74) is 3.73. The van der Waals surface area contributed by atoms with Crippen LogP contribution in [-0.2, 0) is 12.3 Å². The zero-order chi connectivity index (χ0) is 18.6. The van der Waals surface area contributed by atoms with Crippen LogP contribution in [-0.4, -0.2) is 9.78 Å². The molecule has 1 saturated carbocycles. The highest BCUT2D eigenvalue weighted by Crippen LogP contribution is 2.51. The minimum absolute atomic E-state index is 0.0870. The lowest BCUT2D eigenvalue weighted by atomic mass is 9.84. The normalized spacial score (nSPS) is 19.1. The first-order valence-corrected chi connectivity index (χ1v) is 9.63. The molecule has 138 valence electrons. The first-order chi connectivity index (χ1) is 13.0. The first kappa shape index (κ1) is 16.7. The topological polar surface area (TPSA) is 17.8 Å². The van der Waals surface area contributed by atoms with Gasteiger partial charge in [0.15, 0.2) is 0 Å². The molecule has 4 heteroatoms. The highest BCUT2D eigenvalue weighted by molar-refractivity contribution is 5.80. The van der Waals surface area contributed by atoms with Crippen LogP contribution in [0.5, 0.6) is 0 Å². The second-order valence-corrected chi connectivity index (χ2v) is 8.28. The van der Waals surface area contributed by atoms with Crippen molar-refractivity contribution in [1.82, 2.24) is 9.78 Å². The molecule has 3 aromatic rings. The molecular weight excluding hydrogens is 342 g/mol. The Hall–Kier alpha value is -2.49. The minimum Gasteiger partial charge on any atom is -0.238 e. The smallest absolute Gasteiger partial charge is 0.238 e. The van der Waals surface area contributed by atoms with E-state index in [1.807, 2.05) is 23.0 Å². The molecule has 0 amide bonds. The highest BCUT2D eigenvalue weighted by Gasteiger charge is 2.44. The number of hydrogen-bond acceptors (Lipinski definition) is 1. The number of aromatic nitrogens is 2. The zero-order valence-corrected chi connectivity index (χ0v) is 15.4. The van der Waals surface area contributed by atoms with E-state index in [9.17, 15) is 8.78 Å². The summed E-state index contributed by atoms with van der Waals surface area (Å²) in [6, 6.07) is 14.0. The van der Waals surface area contributed by atoms with Crippen LogP contribution in [0.3, 0.4) is 0 Å². The SMILES string of the molecule is CC1(Cc2ccnn2-c2ccc3c(c2)-c2ccccc2C3(F)F)CCCC1. The van der Waals surface area contributed by atoms with E-state index in [0.29, 0.717) is 16.5 Å². The van der Waals surface area contributed by atoms with Crippen molar-refractivity contribution < 1.29 is 8.78 Å². The molecule has 27 heavy (non-hydrogen) atoms. The fourth-order valence-electron chi connectivity index (χ4n) is 4.84. The molecule has 0 bridgehead atoms. The molecule has 2 aliphatic rings. The number of halogens is 2. The molecule has 1 heterocycles. The maximum Gasteiger partial charge on any atom is 0.299 e. The fourth-order valence-corrected chi connectivity index (χ4v) is 4.84. The summed E-state index contributed by atoms with van der Waals surface area (Å²) in [5, 5.41) is 4.51. The number of benzene rings is 2. The van der Waals surface area contributed by atoms with Crippen molar-refractivity contribution in [1.29, 1.82) is 0 Å². The molecule has 0 radical (unpaired) electrons. The molecular formula is C23H22F2N2. The summed E-state index contributed by atoms with van der Waals surface area (Å²) < 4.78 is 31.5. The Kier molecular flexibility index (Phi) is 3.55. The van der Waals surface area contributed by atoms with Crippen LogP contribution in [0, 0.1) is 5.41 Å². The van der Waals surface area contributed by atoms with Crippen LogP contribution < -0.4 is 0 Å². The molecule has 0 aliphatic heterocycles. The van der Waals surface area contributed by atoms with Gasteiger partial charge in [0.05, 0.1) is 5.69 Å². The summed E-state index contributed by atoms with van der Waals surface area (Å²) >= 11 is 0. The number of rotatable bonds is 3. The van der Waals surface area contributed by atoms with E-state index < -0.39 is 5.92 Å². The van der Waals surface area contributed by atoms with Crippen molar-refractivity contribution in [3.8, 4) is 16.8 Å². The number of fused-ring (bicyclic) bond motifs is 3. The zero-order valence-electron chi connectivity index (χ0n) is 15.4. The van der Waals surface area contributed by atoms with E-state index in [0.717, 1.165) is 17.8 Å². The lowest BCUT2D eigenvalue weighted by Crippen LogP contribution is -2.17. The third-order valence-corrected chi connectivity index (χ3v) is 6.28. The van der Waals surface area contributed by atoms with Crippen molar-refractivity contribution in [3.63, 3.8) is 0 Å².